The fourth-order valence-electron chi connectivity index (χ4n) is 3.45. The molecule has 0 aliphatic carbocycles. The van der Waals surface area contributed by atoms with Gasteiger partial charge in [-0.25, -0.2) is 13.4 Å². The molecule has 1 aromatic heterocycles. The molecule has 0 atom stereocenters. The first-order valence-corrected chi connectivity index (χ1v) is 10.8. The monoisotopic (exact) mass is 381 g/mol. The van der Waals surface area contributed by atoms with Gasteiger partial charge >= 0.3 is 0 Å². The summed E-state index contributed by atoms with van der Waals surface area (Å²) in [5.41, 5.74) is 3.27. The van der Waals surface area contributed by atoms with Gasteiger partial charge in [0.05, 0.1) is 16.3 Å². The Hall–Kier alpha value is -2.60. The highest BCUT2D eigenvalue weighted by atomic mass is 32.2. The molecule has 0 fully saturated rings. The molecule has 1 N–H and O–H groups in total. The van der Waals surface area contributed by atoms with Crippen molar-refractivity contribution in [2.75, 3.05) is 4.72 Å². The molecule has 0 radical (unpaired) electrons. The van der Waals surface area contributed by atoms with E-state index in [2.05, 4.69) is 9.29 Å². The van der Waals surface area contributed by atoms with E-state index < -0.39 is 10.0 Å². The van der Waals surface area contributed by atoms with E-state index in [1.807, 2.05) is 43.5 Å². The second kappa shape index (κ2) is 7.19. The SMILES string of the molecule is CCc1ccc(S(=O)(=O)Nc2ccccc2-c2cn3c(n2)CCCC3)cc1. The molecule has 140 valence electrons. The van der Waals surface area contributed by atoms with E-state index in [1.165, 1.54) is 0 Å². The molecule has 0 unspecified atom stereocenters. The summed E-state index contributed by atoms with van der Waals surface area (Å²) < 4.78 is 30.6. The second-order valence-electron chi connectivity index (χ2n) is 6.84. The maximum atomic E-state index is 12.8. The molecular formula is C21H23N3O2S. The number of hydrogen-bond donors (Lipinski definition) is 1. The summed E-state index contributed by atoms with van der Waals surface area (Å²) in [6.07, 6.45) is 6.18. The minimum atomic E-state index is -3.66. The van der Waals surface area contributed by atoms with Crippen LogP contribution in [0.2, 0.25) is 0 Å². The zero-order chi connectivity index (χ0) is 18.9. The molecule has 2 heterocycles. The third-order valence-electron chi connectivity index (χ3n) is 5.00. The number of nitrogens with one attached hydrogen (secondary N) is 1. The van der Waals surface area contributed by atoms with Gasteiger partial charge in [0, 0.05) is 24.7 Å². The Labute approximate surface area is 160 Å². The van der Waals surface area contributed by atoms with Gasteiger partial charge in [0.1, 0.15) is 5.82 Å². The number of para-hydroxylation sites is 1. The third-order valence-corrected chi connectivity index (χ3v) is 6.38. The predicted octanol–water partition coefficient (Wildman–Crippen LogP) is 4.25. The lowest BCUT2D eigenvalue weighted by Crippen LogP contribution is -2.13. The van der Waals surface area contributed by atoms with Gasteiger partial charge in [0.2, 0.25) is 0 Å². The zero-order valence-corrected chi connectivity index (χ0v) is 16.2. The highest BCUT2D eigenvalue weighted by Crippen LogP contribution is 2.30. The lowest BCUT2D eigenvalue weighted by Gasteiger charge is -2.12. The van der Waals surface area contributed by atoms with Gasteiger partial charge in [-0.3, -0.25) is 4.72 Å². The molecule has 1 aliphatic heterocycles. The molecule has 5 nitrogen and oxygen atoms in total. The van der Waals surface area contributed by atoms with Crippen LogP contribution in [0.15, 0.2) is 59.6 Å². The Balaban J connectivity index is 1.67. The largest absolute Gasteiger partial charge is 0.334 e. The average Bonchev–Trinajstić information content (AvgIpc) is 3.12. The van der Waals surface area contributed by atoms with Crippen LogP contribution in [0.4, 0.5) is 5.69 Å². The van der Waals surface area contributed by atoms with E-state index >= 15 is 0 Å². The molecule has 4 rings (SSSR count). The smallest absolute Gasteiger partial charge is 0.261 e. The standard InChI is InChI=1S/C21H23N3O2S/c1-2-16-10-12-17(13-11-16)27(25,26)23-19-8-4-3-7-18(19)20-15-24-14-6-5-9-21(24)22-20/h3-4,7-8,10-13,15,23H,2,5-6,9,14H2,1H3. The van der Waals surface area contributed by atoms with Gasteiger partial charge in [-0.2, -0.15) is 0 Å². The molecule has 0 bridgehead atoms. The van der Waals surface area contributed by atoms with Crippen molar-refractivity contribution in [3.8, 4) is 11.3 Å². The number of imidazole rings is 1. The quantitative estimate of drug-likeness (QED) is 0.719. The van der Waals surface area contributed by atoms with Crippen LogP contribution >= 0.6 is 0 Å². The van der Waals surface area contributed by atoms with Crippen LogP contribution in [0.1, 0.15) is 31.2 Å². The van der Waals surface area contributed by atoms with E-state index in [1.54, 1.807) is 18.2 Å². The first-order valence-electron chi connectivity index (χ1n) is 9.34. The van der Waals surface area contributed by atoms with Crippen LogP contribution in [0.25, 0.3) is 11.3 Å². The topological polar surface area (TPSA) is 64.0 Å². The molecule has 0 saturated carbocycles. The minimum absolute atomic E-state index is 0.263. The predicted molar refractivity (Wildman–Crippen MR) is 107 cm³/mol. The second-order valence-corrected chi connectivity index (χ2v) is 8.52. The van der Waals surface area contributed by atoms with Crippen molar-refractivity contribution in [1.82, 2.24) is 9.55 Å². The normalized spacial score (nSPS) is 14.0. The Kier molecular flexibility index (Phi) is 4.74. The van der Waals surface area contributed by atoms with Gasteiger partial charge in [-0.15, -0.1) is 0 Å². The molecule has 1 aliphatic rings. The van der Waals surface area contributed by atoms with Crippen LogP contribution in [-0.4, -0.2) is 18.0 Å². The van der Waals surface area contributed by atoms with Crippen molar-refractivity contribution in [2.24, 2.45) is 0 Å². The Bertz CT molecular complexity index is 1030. The Morgan fingerprint density at radius 1 is 1.07 bits per heavy atom. The Morgan fingerprint density at radius 3 is 2.59 bits per heavy atom. The lowest BCUT2D eigenvalue weighted by atomic mass is 10.1. The maximum Gasteiger partial charge on any atom is 0.261 e. The summed E-state index contributed by atoms with van der Waals surface area (Å²) in [4.78, 5) is 5.00. The number of nitrogens with zero attached hydrogens (tertiary/aromatic N) is 2. The number of aryl methyl sites for hydroxylation is 3. The summed E-state index contributed by atoms with van der Waals surface area (Å²) in [7, 11) is -3.66. The number of aromatic nitrogens is 2. The number of sulfonamides is 1. The molecule has 3 aromatic rings. The van der Waals surface area contributed by atoms with Crippen molar-refractivity contribution in [1.29, 1.82) is 0 Å². The third kappa shape index (κ3) is 3.62. The van der Waals surface area contributed by atoms with Crippen molar-refractivity contribution < 1.29 is 8.42 Å². The maximum absolute atomic E-state index is 12.8. The zero-order valence-electron chi connectivity index (χ0n) is 15.4. The summed E-state index contributed by atoms with van der Waals surface area (Å²) in [6.45, 7) is 3.02. The highest BCUT2D eigenvalue weighted by Gasteiger charge is 2.19. The minimum Gasteiger partial charge on any atom is -0.334 e. The first-order chi connectivity index (χ1) is 13.1. The van der Waals surface area contributed by atoms with Crippen molar-refractivity contribution >= 4 is 15.7 Å². The number of anilines is 1. The van der Waals surface area contributed by atoms with E-state index in [9.17, 15) is 8.42 Å². The van der Waals surface area contributed by atoms with E-state index in [0.29, 0.717) is 5.69 Å². The number of fused-ring (bicyclic) bond motifs is 1. The van der Waals surface area contributed by atoms with Crippen molar-refractivity contribution in [3.05, 3.63) is 66.1 Å². The van der Waals surface area contributed by atoms with Gasteiger partial charge in [0.25, 0.3) is 10.0 Å². The van der Waals surface area contributed by atoms with E-state index in [4.69, 9.17) is 4.98 Å². The lowest BCUT2D eigenvalue weighted by molar-refractivity contribution is 0.522. The van der Waals surface area contributed by atoms with Gasteiger partial charge in [-0.05, 0) is 43.0 Å². The van der Waals surface area contributed by atoms with Crippen LogP contribution in [0.3, 0.4) is 0 Å². The first kappa shape index (κ1) is 17.8. The summed E-state index contributed by atoms with van der Waals surface area (Å²) in [6, 6.07) is 14.4. The average molecular weight is 382 g/mol. The number of hydrogen-bond acceptors (Lipinski definition) is 3. The van der Waals surface area contributed by atoms with Gasteiger partial charge in [-0.1, -0.05) is 37.3 Å². The molecule has 6 heteroatoms. The highest BCUT2D eigenvalue weighted by molar-refractivity contribution is 7.92. The molecule has 0 amide bonds. The van der Waals surface area contributed by atoms with Crippen LogP contribution in [0.5, 0.6) is 0 Å². The van der Waals surface area contributed by atoms with E-state index in [-0.39, 0.29) is 4.90 Å². The fraction of sp³-hybridized carbons (Fsp3) is 0.286. The summed E-state index contributed by atoms with van der Waals surface area (Å²) in [5, 5.41) is 0. The summed E-state index contributed by atoms with van der Waals surface area (Å²) in [5.74, 6) is 1.07. The molecule has 2 aromatic carbocycles. The molecule has 0 spiro atoms. The Morgan fingerprint density at radius 2 is 1.85 bits per heavy atom. The number of rotatable bonds is 5. The van der Waals surface area contributed by atoms with Crippen molar-refractivity contribution in [3.63, 3.8) is 0 Å². The number of benzene rings is 2. The summed E-state index contributed by atoms with van der Waals surface area (Å²) >= 11 is 0. The van der Waals surface area contributed by atoms with Gasteiger partial charge in [0.15, 0.2) is 0 Å². The molecule has 27 heavy (non-hydrogen) atoms. The van der Waals surface area contributed by atoms with Gasteiger partial charge < -0.3 is 4.57 Å². The molecular weight excluding hydrogens is 358 g/mol. The van der Waals surface area contributed by atoms with Crippen LogP contribution in [0, 0.1) is 0 Å². The fourth-order valence-corrected chi connectivity index (χ4v) is 4.53. The van der Waals surface area contributed by atoms with Crippen LogP contribution in [-0.2, 0) is 29.4 Å². The molecule has 0 saturated heterocycles. The van der Waals surface area contributed by atoms with Crippen LogP contribution < -0.4 is 4.72 Å². The van der Waals surface area contributed by atoms with E-state index in [0.717, 1.165) is 54.9 Å². The van der Waals surface area contributed by atoms with Crippen molar-refractivity contribution in [2.45, 2.75) is 44.0 Å².